The summed E-state index contributed by atoms with van der Waals surface area (Å²) < 4.78 is 2.01. The molecular weight excluding hydrogens is 206 g/mol. The summed E-state index contributed by atoms with van der Waals surface area (Å²) in [5.74, 6) is 0. The highest BCUT2D eigenvalue weighted by molar-refractivity contribution is 7.10. The highest BCUT2D eigenvalue weighted by Crippen LogP contribution is 2.20. The molecule has 3 nitrogen and oxygen atoms in total. The van der Waals surface area contributed by atoms with Crippen molar-refractivity contribution in [1.29, 1.82) is 0 Å². The Morgan fingerprint density at radius 3 is 3.07 bits per heavy atom. The molecule has 74 valence electrons. The van der Waals surface area contributed by atoms with Crippen LogP contribution in [0.25, 0.3) is 16.9 Å². The first kappa shape index (κ1) is 8.61. The van der Waals surface area contributed by atoms with Gasteiger partial charge in [-0.25, -0.2) is 9.97 Å². The second kappa shape index (κ2) is 3.17. The number of hydrogen-bond donors (Lipinski definition) is 0. The van der Waals surface area contributed by atoms with Gasteiger partial charge in [-0.15, -0.1) is 11.3 Å². The molecule has 0 radical (unpaired) electrons. The average molecular weight is 215 g/mol. The largest absolute Gasteiger partial charge is 0.282 e. The molecule has 0 atom stereocenters. The molecule has 3 heterocycles. The lowest BCUT2D eigenvalue weighted by Gasteiger charge is -1.97. The van der Waals surface area contributed by atoms with E-state index in [9.17, 15) is 0 Å². The van der Waals surface area contributed by atoms with Crippen LogP contribution in [0.5, 0.6) is 0 Å². The Kier molecular flexibility index (Phi) is 1.82. The molecule has 3 rings (SSSR count). The Balaban J connectivity index is 2.27. The number of rotatable bonds is 1. The van der Waals surface area contributed by atoms with E-state index in [0.717, 1.165) is 16.9 Å². The molecule has 0 saturated heterocycles. The van der Waals surface area contributed by atoms with Crippen molar-refractivity contribution >= 4 is 22.5 Å². The lowest BCUT2D eigenvalue weighted by molar-refractivity contribution is 1.07. The summed E-state index contributed by atoms with van der Waals surface area (Å²) >= 11 is 1.73. The Labute approximate surface area is 91.0 Å². The van der Waals surface area contributed by atoms with E-state index in [-0.39, 0.29) is 0 Å². The summed E-state index contributed by atoms with van der Waals surface area (Å²) in [4.78, 5) is 9.94. The van der Waals surface area contributed by atoms with Crippen molar-refractivity contribution in [1.82, 2.24) is 14.5 Å². The summed E-state index contributed by atoms with van der Waals surface area (Å²) in [6, 6.07) is 6.01. The predicted molar refractivity (Wildman–Crippen MR) is 61.5 cm³/mol. The van der Waals surface area contributed by atoms with Crippen LogP contribution in [0, 0.1) is 6.92 Å². The first-order chi connectivity index (χ1) is 7.34. The molecule has 3 aromatic heterocycles. The van der Waals surface area contributed by atoms with Crippen LogP contribution in [0.15, 0.2) is 36.1 Å². The monoisotopic (exact) mass is 215 g/mol. The lowest BCUT2D eigenvalue weighted by Crippen LogP contribution is -1.90. The Morgan fingerprint density at radius 1 is 1.33 bits per heavy atom. The van der Waals surface area contributed by atoms with Gasteiger partial charge in [-0.3, -0.25) is 4.57 Å². The fraction of sp³-hybridized carbons (Fsp3) is 0.0909. The number of nitrogens with zero attached hydrogens (tertiary/aromatic N) is 3. The normalized spacial score (nSPS) is 11.0. The zero-order chi connectivity index (χ0) is 10.3. The van der Waals surface area contributed by atoms with E-state index in [1.54, 1.807) is 17.5 Å². The standard InChI is InChI=1S/C11H9N3S/c1-8-5-9(6-15-8)14-7-13-10-3-2-4-12-11(10)14/h2-7H,1H3. The maximum Gasteiger partial charge on any atom is 0.164 e. The minimum atomic E-state index is 0.912. The predicted octanol–water partition coefficient (Wildman–Crippen LogP) is 2.79. The maximum atomic E-state index is 4.33. The van der Waals surface area contributed by atoms with Gasteiger partial charge >= 0.3 is 0 Å². The number of aryl methyl sites for hydroxylation is 1. The second-order valence-corrected chi connectivity index (χ2v) is 4.49. The minimum Gasteiger partial charge on any atom is -0.282 e. The van der Waals surface area contributed by atoms with Crippen LogP contribution in [-0.4, -0.2) is 14.5 Å². The lowest BCUT2D eigenvalue weighted by atomic mass is 10.4. The fourth-order valence-corrected chi connectivity index (χ4v) is 2.27. The smallest absolute Gasteiger partial charge is 0.164 e. The Hall–Kier alpha value is -1.68. The highest BCUT2D eigenvalue weighted by Gasteiger charge is 2.05. The molecule has 0 aliphatic rings. The molecule has 0 aromatic carbocycles. The summed E-state index contributed by atoms with van der Waals surface area (Å²) in [6.45, 7) is 2.10. The third-order valence-electron chi connectivity index (χ3n) is 2.30. The molecule has 0 saturated carbocycles. The van der Waals surface area contributed by atoms with Gasteiger partial charge in [0.15, 0.2) is 5.65 Å². The summed E-state index contributed by atoms with van der Waals surface area (Å²) in [6.07, 6.45) is 3.61. The van der Waals surface area contributed by atoms with Crippen molar-refractivity contribution in [3.63, 3.8) is 0 Å². The molecule has 0 bridgehead atoms. The van der Waals surface area contributed by atoms with Crippen molar-refractivity contribution < 1.29 is 0 Å². The summed E-state index contributed by atoms with van der Waals surface area (Å²) in [5, 5.41) is 2.12. The van der Waals surface area contributed by atoms with Crippen LogP contribution >= 0.6 is 11.3 Å². The minimum absolute atomic E-state index is 0.912. The number of hydrogen-bond acceptors (Lipinski definition) is 3. The average Bonchev–Trinajstić information content (AvgIpc) is 2.83. The number of aromatic nitrogens is 3. The molecule has 0 aliphatic heterocycles. The van der Waals surface area contributed by atoms with Crippen molar-refractivity contribution in [2.45, 2.75) is 6.92 Å². The van der Waals surface area contributed by atoms with E-state index in [4.69, 9.17) is 0 Å². The van der Waals surface area contributed by atoms with E-state index < -0.39 is 0 Å². The molecule has 0 unspecified atom stereocenters. The van der Waals surface area contributed by atoms with Gasteiger partial charge in [0.2, 0.25) is 0 Å². The molecule has 4 heteroatoms. The van der Waals surface area contributed by atoms with Gasteiger partial charge in [-0.1, -0.05) is 0 Å². The number of fused-ring (bicyclic) bond motifs is 1. The van der Waals surface area contributed by atoms with Crippen molar-refractivity contribution in [2.75, 3.05) is 0 Å². The van der Waals surface area contributed by atoms with Gasteiger partial charge < -0.3 is 0 Å². The van der Waals surface area contributed by atoms with Gasteiger partial charge in [0, 0.05) is 16.5 Å². The van der Waals surface area contributed by atoms with Crippen molar-refractivity contribution in [3.05, 3.63) is 41.0 Å². The zero-order valence-electron chi connectivity index (χ0n) is 8.21. The molecule has 0 aliphatic carbocycles. The van der Waals surface area contributed by atoms with Gasteiger partial charge in [-0.05, 0) is 25.1 Å². The van der Waals surface area contributed by atoms with Crippen LogP contribution in [-0.2, 0) is 0 Å². The van der Waals surface area contributed by atoms with Crippen LogP contribution in [0.1, 0.15) is 4.88 Å². The fourth-order valence-electron chi connectivity index (χ4n) is 1.59. The number of imidazole rings is 1. The topological polar surface area (TPSA) is 30.7 Å². The molecule has 0 amide bonds. The second-order valence-electron chi connectivity index (χ2n) is 3.38. The van der Waals surface area contributed by atoms with Gasteiger partial charge in [-0.2, -0.15) is 0 Å². The quantitative estimate of drug-likeness (QED) is 0.625. The molecule has 3 aromatic rings. The van der Waals surface area contributed by atoms with Gasteiger partial charge in [0.1, 0.15) is 11.8 Å². The number of thiophene rings is 1. The molecule has 15 heavy (non-hydrogen) atoms. The van der Waals surface area contributed by atoms with Gasteiger partial charge in [0.05, 0.1) is 5.69 Å². The highest BCUT2D eigenvalue weighted by atomic mass is 32.1. The molecule has 0 fully saturated rings. The first-order valence-electron chi connectivity index (χ1n) is 4.68. The third kappa shape index (κ3) is 1.34. The Bertz CT molecular complexity index is 609. The third-order valence-corrected chi connectivity index (χ3v) is 3.15. The molecule has 0 spiro atoms. The molecule has 0 N–H and O–H groups in total. The Morgan fingerprint density at radius 2 is 2.27 bits per heavy atom. The van der Waals surface area contributed by atoms with E-state index in [1.165, 1.54) is 4.88 Å². The zero-order valence-corrected chi connectivity index (χ0v) is 9.03. The van der Waals surface area contributed by atoms with Crippen molar-refractivity contribution in [3.8, 4) is 5.69 Å². The molecular formula is C11H9N3S. The number of pyridine rings is 1. The van der Waals surface area contributed by atoms with Gasteiger partial charge in [0.25, 0.3) is 0 Å². The van der Waals surface area contributed by atoms with Crippen molar-refractivity contribution in [2.24, 2.45) is 0 Å². The van der Waals surface area contributed by atoms with E-state index in [1.807, 2.05) is 23.0 Å². The van der Waals surface area contributed by atoms with Crippen LogP contribution in [0.2, 0.25) is 0 Å². The van der Waals surface area contributed by atoms with E-state index in [2.05, 4.69) is 28.3 Å². The van der Waals surface area contributed by atoms with E-state index >= 15 is 0 Å². The van der Waals surface area contributed by atoms with E-state index in [0.29, 0.717) is 0 Å². The van der Waals surface area contributed by atoms with Crippen LogP contribution < -0.4 is 0 Å². The summed E-state index contributed by atoms with van der Waals surface area (Å²) in [5.41, 5.74) is 2.98. The first-order valence-corrected chi connectivity index (χ1v) is 5.56. The SMILES string of the molecule is Cc1cc(-n2cnc3cccnc32)cs1. The maximum absolute atomic E-state index is 4.33. The van der Waals surface area contributed by atoms with Crippen LogP contribution in [0.4, 0.5) is 0 Å². The summed E-state index contributed by atoms with van der Waals surface area (Å²) in [7, 11) is 0. The van der Waals surface area contributed by atoms with Crippen LogP contribution in [0.3, 0.4) is 0 Å².